The van der Waals surface area contributed by atoms with Crippen LogP contribution in [0.4, 0.5) is 17.1 Å². The Balaban J connectivity index is 1.23. The van der Waals surface area contributed by atoms with E-state index in [2.05, 4.69) is 167 Å². The molecule has 2 heterocycles. The molecule has 248 valence electrons. The van der Waals surface area contributed by atoms with E-state index in [9.17, 15) is 0 Å². The molecule has 0 spiro atoms. The second-order valence-corrected chi connectivity index (χ2v) is 13.6. The zero-order chi connectivity index (χ0) is 34.9. The van der Waals surface area contributed by atoms with Crippen LogP contribution in [0.5, 0.6) is 0 Å². The van der Waals surface area contributed by atoms with E-state index in [-0.39, 0.29) is 0 Å². The van der Waals surface area contributed by atoms with Crippen LogP contribution >= 0.6 is 0 Å². The van der Waals surface area contributed by atoms with Gasteiger partial charge in [0.1, 0.15) is 5.52 Å². The monoisotopic (exact) mass is 677 g/mol. The Morgan fingerprint density at radius 2 is 1.08 bits per heavy atom. The number of aromatic nitrogens is 2. The van der Waals surface area contributed by atoms with Crippen molar-refractivity contribution in [3.05, 3.63) is 188 Å². The van der Waals surface area contributed by atoms with E-state index in [1.807, 2.05) is 30.3 Å². The SMILES string of the molecule is c1ccc(-c2nc3cc(N(c4ccc5ccc6ccccc6c5c4)c4cc5c6ccccc6n(-c6ccccc6)c5c5ccccc45)ccc3o2)cc1. The van der Waals surface area contributed by atoms with Gasteiger partial charge < -0.3 is 13.9 Å². The van der Waals surface area contributed by atoms with E-state index in [4.69, 9.17) is 9.40 Å². The number of hydrogen-bond donors (Lipinski definition) is 0. The molecule has 4 heteroatoms. The summed E-state index contributed by atoms with van der Waals surface area (Å²) in [5, 5.41) is 9.63. The zero-order valence-electron chi connectivity index (χ0n) is 28.6. The Kier molecular flexibility index (Phi) is 6.52. The zero-order valence-corrected chi connectivity index (χ0v) is 28.6. The van der Waals surface area contributed by atoms with E-state index < -0.39 is 0 Å². The largest absolute Gasteiger partial charge is 0.436 e. The molecular formula is C49H31N3O. The second-order valence-electron chi connectivity index (χ2n) is 13.6. The number of hydrogen-bond acceptors (Lipinski definition) is 3. The molecule has 0 saturated carbocycles. The topological polar surface area (TPSA) is 34.2 Å². The summed E-state index contributed by atoms with van der Waals surface area (Å²) in [6.45, 7) is 0. The van der Waals surface area contributed by atoms with Gasteiger partial charge in [0, 0.05) is 44.2 Å². The fraction of sp³-hybridized carbons (Fsp3) is 0. The van der Waals surface area contributed by atoms with Crippen LogP contribution in [0, 0.1) is 0 Å². The first-order valence-electron chi connectivity index (χ1n) is 18.0. The van der Waals surface area contributed by atoms with Crippen LogP contribution in [0.25, 0.3) is 82.4 Å². The maximum atomic E-state index is 6.29. The number of fused-ring (bicyclic) bond motifs is 9. The number of para-hydroxylation sites is 2. The van der Waals surface area contributed by atoms with Crippen LogP contribution in [0.15, 0.2) is 192 Å². The van der Waals surface area contributed by atoms with Crippen molar-refractivity contribution >= 4 is 82.3 Å². The number of oxazole rings is 1. The second kappa shape index (κ2) is 11.7. The van der Waals surface area contributed by atoms with Gasteiger partial charge in [0.25, 0.3) is 0 Å². The van der Waals surface area contributed by atoms with Gasteiger partial charge in [-0.25, -0.2) is 4.98 Å². The summed E-state index contributed by atoms with van der Waals surface area (Å²) in [4.78, 5) is 7.39. The fourth-order valence-corrected chi connectivity index (χ4v) is 8.15. The molecular weight excluding hydrogens is 647 g/mol. The summed E-state index contributed by atoms with van der Waals surface area (Å²) in [5.74, 6) is 0.613. The van der Waals surface area contributed by atoms with Gasteiger partial charge in [-0.3, -0.25) is 0 Å². The molecule has 4 nitrogen and oxygen atoms in total. The third-order valence-electron chi connectivity index (χ3n) is 10.5. The van der Waals surface area contributed by atoms with Crippen LogP contribution in [-0.4, -0.2) is 9.55 Å². The highest BCUT2D eigenvalue weighted by Gasteiger charge is 2.23. The van der Waals surface area contributed by atoms with E-state index in [1.54, 1.807) is 0 Å². The van der Waals surface area contributed by atoms with Gasteiger partial charge in [0.15, 0.2) is 5.58 Å². The molecule has 9 aromatic carbocycles. The summed E-state index contributed by atoms with van der Waals surface area (Å²) in [5.41, 5.74) is 9.19. The van der Waals surface area contributed by atoms with Crippen LogP contribution in [0.1, 0.15) is 0 Å². The quantitative estimate of drug-likeness (QED) is 0.170. The van der Waals surface area contributed by atoms with Crippen LogP contribution in [-0.2, 0) is 0 Å². The van der Waals surface area contributed by atoms with Gasteiger partial charge in [0.2, 0.25) is 5.89 Å². The Labute approximate surface area is 305 Å². The Morgan fingerprint density at radius 1 is 0.453 bits per heavy atom. The summed E-state index contributed by atoms with van der Waals surface area (Å²) >= 11 is 0. The molecule has 0 radical (unpaired) electrons. The third kappa shape index (κ3) is 4.66. The maximum absolute atomic E-state index is 6.29. The van der Waals surface area contributed by atoms with Crippen molar-refractivity contribution < 1.29 is 4.42 Å². The minimum Gasteiger partial charge on any atom is -0.436 e. The van der Waals surface area contributed by atoms with Crippen molar-refractivity contribution in [2.75, 3.05) is 4.90 Å². The summed E-state index contributed by atoms with van der Waals surface area (Å²) in [7, 11) is 0. The van der Waals surface area contributed by atoms with E-state index >= 15 is 0 Å². The molecule has 11 rings (SSSR count). The van der Waals surface area contributed by atoms with E-state index in [1.165, 1.54) is 48.7 Å². The number of rotatable bonds is 5. The van der Waals surface area contributed by atoms with Gasteiger partial charge in [-0.1, -0.05) is 121 Å². The van der Waals surface area contributed by atoms with Gasteiger partial charge in [0.05, 0.1) is 16.7 Å². The predicted molar refractivity (Wildman–Crippen MR) is 221 cm³/mol. The number of benzene rings is 9. The van der Waals surface area contributed by atoms with Crippen molar-refractivity contribution in [2.45, 2.75) is 0 Å². The highest BCUT2D eigenvalue weighted by atomic mass is 16.3. The molecule has 0 N–H and O–H groups in total. The highest BCUT2D eigenvalue weighted by molar-refractivity contribution is 6.22. The highest BCUT2D eigenvalue weighted by Crippen LogP contribution is 2.46. The average Bonchev–Trinajstić information content (AvgIpc) is 3.81. The van der Waals surface area contributed by atoms with Crippen LogP contribution in [0.2, 0.25) is 0 Å². The van der Waals surface area contributed by atoms with Gasteiger partial charge in [-0.05, 0) is 88.3 Å². The Morgan fingerprint density at radius 3 is 1.91 bits per heavy atom. The van der Waals surface area contributed by atoms with Crippen molar-refractivity contribution in [1.82, 2.24) is 9.55 Å². The van der Waals surface area contributed by atoms with Crippen LogP contribution < -0.4 is 4.90 Å². The minimum atomic E-state index is 0.613. The molecule has 0 amide bonds. The lowest BCUT2D eigenvalue weighted by Gasteiger charge is -2.28. The first-order valence-corrected chi connectivity index (χ1v) is 18.0. The Hall–Kier alpha value is -7.17. The molecule has 2 aromatic heterocycles. The molecule has 0 aliphatic rings. The third-order valence-corrected chi connectivity index (χ3v) is 10.5. The smallest absolute Gasteiger partial charge is 0.227 e. The molecule has 0 aliphatic carbocycles. The number of nitrogens with zero attached hydrogens (tertiary/aromatic N) is 3. The van der Waals surface area contributed by atoms with Crippen LogP contribution in [0.3, 0.4) is 0 Å². The summed E-state index contributed by atoms with van der Waals surface area (Å²) in [6, 6.07) is 67.0. The molecule has 0 bridgehead atoms. The molecule has 11 aromatic rings. The molecule has 0 atom stereocenters. The maximum Gasteiger partial charge on any atom is 0.227 e. The standard InChI is InChI=1S/C49H31N3O/c1-3-14-34(15-4-1)49-50-44-30-37(27-28-47(44)53-49)51(36-26-25-33-24-23-32-13-7-8-18-38(32)42(33)29-36)46-31-43-40-20-11-12-22-45(40)52(35-16-5-2-6-17-35)48(43)41-21-10-9-19-39(41)46/h1-31H. The lowest BCUT2D eigenvalue weighted by atomic mass is 9.99. The van der Waals surface area contributed by atoms with Gasteiger partial charge in [-0.2, -0.15) is 0 Å². The van der Waals surface area contributed by atoms with Crippen molar-refractivity contribution in [1.29, 1.82) is 0 Å². The average molecular weight is 678 g/mol. The first kappa shape index (κ1) is 29.5. The molecule has 53 heavy (non-hydrogen) atoms. The summed E-state index contributed by atoms with van der Waals surface area (Å²) in [6.07, 6.45) is 0. The van der Waals surface area contributed by atoms with Gasteiger partial charge >= 0.3 is 0 Å². The van der Waals surface area contributed by atoms with Crippen molar-refractivity contribution in [3.8, 4) is 17.1 Å². The number of anilines is 3. The minimum absolute atomic E-state index is 0.613. The lowest BCUT2D eigenvalue weighted by molar-refractivity contribution is 0.620. The normalized spacial score (nSPS) is 11.8. The molecule has 0 saturated heterocycles. The lowest BCUT2D eigenvalue weighted by Crippen LogP contribution is -2.11. The first-order chi connectivity index (χ1) is 26.3. The molecule has 0 unspecified atom stereocenters. The van der Waals surface area contributed by atoms with Crippen molar-refractivity contribution in [3.63, 3.8) is 0 Å². The fourth-order valence-electron chi connectivity index (χ4n) is 8.15. The molecule has 0 aliphatic heterocycles. The summed E-state index contributed by atoms with van der Waals surface area (Å²) < 4.78 is 8.71. The Bertz CT molecular complexity index is 3180. The predicted octanol–water partition coefficient (Wildman–Crippen LogP) is 13.5. The van der Waals surface area contributed by atoms with Crippen molar-refractivity contribution in [2.24, 2.45) is 0 Å². The van der Waals surface area contributed by atoms with E-state index in [0.717, 1.165) is 44.8 Å². The van der Waals surface area contributed by atoms with E-state index in [0.29, 0.717) is 5.89 Å². The van der Waals surface area contributed by atoms with Gasteiger partial charge in [-0.15, -0.1) is 0 Å². The molecule has 0 fully saturated rings.